The molecule has 1 N–H and O–H groups in total. The Morgan fingerprint density at radius 3 is 2.75 bits per heavy atom. The van der Waals surface area contributed by atoms with Crippen molar-refractivity contribution < 1.29 is 0 Å². The van der Waals surface area contributed by atoms with E-state index in [1.165, 1.54) is 12.0 Å². The highest BCUT2D eigenvalue weighted by atomic mass is 15.3. The third-order valence-corrected chi connectivity index (χ3v) is 5.79. The fourth-order valence-corrected chi connectivity index (χ4v) is 4.28. The van der Waals surface area contributed by atoms with E-state index in [1.54, 1.807) is 0 Å². The summed E-state index contributed by atoms with van der Waals surface area (Å²) < 4.78 is 2.01. The quantitative estimate of drug-likeness (QED) is 0.561. The van der Waals surface area contributed by atoms with Crippen molar-refractivity contribution >= 4 is 11.6 Å². The Hall–Kier alpha value is -2.89. The summed E-state index contributed by atoms with van der Waals surface area (Å²) in [4.78, 5) is 6.92. The lowest BCUT2D eigenvalue weighted by molar-refractivity contribution is 0.215. The molecule has 6 nitrogen and oxygen atoms in total. The maximum Gasteiger partial charge on any atom is 0.194 e. The van der Waals surface area contributed by atoms with Gasteiger partial charge in [0.25, 0.3) is 0 Å². The number of pyridine rings is 1. The van der Waals surface area contributed by atoms with Crippen LogP contribution in [0.25, 0.3) is 5.65 Å². The van der Waals surface area contributed by atoms with E-state index in [-0.39, 0.29) is 0 Å². The summed E-state index contributed by atoms with van der Waals surface area (Å²) in [5, 5.41) is 12.0. The van der Waals surface area contributed by atoms with Crippen LogP contribution in [0.15, 0.2) is 59.7 Å². The molecule has 0 aliphatic carbocycles. The third kappa shape index (κ3) is 3.72. The molecule has 3 aromatic rings. The van der Waals surface area contributed by atoms with Gasteiger partial charge in [0.2, 0.25) is 0 Å². The van der Waals surface area contributed by atoms with Crippen molar-refractivity contribution in [2.75, 3.05) is 20.1 Å². The standard InChI is InChI=1S/C22H28N6/c1-3-17-16-27(14-12-19(17)18-9-5-4-6-10-18)22(23-2)24-15-21-26-25-20-11-7-8-13-28(20)21/h4-11,13,17,19H,3,12,14-16H2,1-2H3,(H,23,24). The minimum absolute atomic E-state index is 0.604. The van der Waals surface area contributed by atoms with E-state index in [0.29, 0.717) is 18.4 Å². The van der Waals surface area contributed by atoms with E-state index in [4.69, 9.17) is 0 Å². The first kappa shape index (κ1) is 18.5. The molecule has 4 rings (SSSR count). The molecular formula is C22H28N6. The Morgan fingerprint density at radius 1 is 1.14 bits per heavy atom. The van der Waals surface area contributed by atoms with Gasteiger partial charge in [0.15, 0.2) is 17.4 Å². The monoisotopic (exact) mass is 376 g/mol. The van der Waals surface area contributed by atoms with Crippen LogP contribution in [0.1, 0.15) is 37.1 Å². The van der Waals surface area contributed by atoms with Crippen LogP contribution >= 0.6 is 0 Å². The summed E-state index contributed by atoms with van der Waals surface area (Å²) in [5.41, 5.74) is 2.33. The van der Waals surface area contributed by atoms with Gasteiger partial charge in [-0.2, -0.15) is 0 Å². The minimum atomic E-state index is 0.604. The zero-order valence-corrected chi connectivity index (χ0v) is 16.6. The number of hydrogen-bond donors (Lipinski definition) is 1. The summed E-state index contributed by atoms with van der Waals surface area (Å²) in [5.74, 6) is 3.09. The second-order valence-electron chi connectivity index (χ2n) is 7.37. The molecule has 0 radical (unpaired) electrons. The van der Waals surface area contributed by atoms with Crippen molar-refractivity contribution in [2.24, 2.45) is 10.9 Å². The molecule has 2 unspecified atom stereocenters. The van der Waals surface area contributed by atoms with Gasteiger partial charge in [-0.25, -0.2) is 0 Å². The van der Waals surface area contributed by atoms with Crippen LogP contribution in [0.2, 0.25) is 0 Å². The number of nitrogens with one attached hydrogen (secondary N) is 1. The molecular weight excluding hydrogens is 348 g/mol. The maximum atomic E-state index is 4.53. The molecule has 0 saturated carbocycles. The number of aromatic nitrogens is 3. The van der Waals surface area contributed by atoms with Gasteiger partial charge in [0, 0.05) is 26.3 Å². The van der Waals surface area contributed by atoms with Crippen molar-refractivity contribution in [3.05, 3.63) is 66.1 Å². The lowest BCUT2D eigenvalue weighted by atomic mass is 9.79. The van der Waals surface area contributed by atoms with E-state index >= 15 is 0 Å². The van der Waals surface area contributed by atoms with Crippen molar-refractivity contribution in [1.29, 1.82) is 0 Å². The second-order valence-corrected chi connectivity index (χ2v) is 7.37. The lowest BCUT2D eigenvalue weighted by Crippen LogP contribution is -2.48. The summed E-state index contributed by atoms with van der Waals surface area (Å²) >= 11 is 0. The van der Waals surface area contributed by atoms with Crippen molar-refractivity contribution in [1.82, 2.24) is 24.8 Å². The number of nitrogens with zero attached hydrogens (tertiary/aromatic N) is 5. The van der Waals surface area contributed by atoms with Crippen molar-refractivity contribution in [2.45, 2.75) is 32.2 Å². The normalized spacial score (nSPS) is 20.5. The minimum Gasteiger partial charge on any atom is -0.349 e. The Balaban J connectivity index is 1.43. The van der Waals surface area contributed by atoms with E-state index in [2.05, 4.69) is 62.7 Å². The Bertz CT molecular complexity index is 932. The summed E-state index contributed by atoms with van der Waals surface area (Å²) in [6.45, 7) is 4.93. The van der Waals surface area contributed by atoms with Gasteiger partial charge in [-0.3, -0.25) is 9.39 Å². The Kier molecular flexibility index (Phi) is 5.55. The average molecular weight is 377 g/mol. The molecule has 1 fully saturated rings. The number of aliphatic imine (C=N–C) groups is 1. The Morgan fingerprint density at radius 2 is 1.96 bits per heavy atom. The molecule has 0 spiro atoms. The highest BCUT2D eigenvalue weighted by Gasteiger charge is 2.30. The second kappa shape index (κ2) is 8.42. The first-order valence-corrected chi connectivity index (χ1v) is 10.1. The van der Waals surface area contributed by atoms with E-state index in [9.17, 15) is 0 Å². The fourth-order valence-electron chi connectivity index (χ4n) is 4.28. The molecule has 1 aliphatic rings. The van der Waals surface area contributed by atoms with Gasteiger partial charge in [0.1, 0.15) is 0 Å². The molecule has 1 aromatic carbocycles. The van der Waals surface area contributed by atoms with E-state index in [0.717, 1.165) is 36.9 Å². The van der Waals surface area contributed by atoms with Crippen molar-refractivity contribution in [3.63, 3.8) is 0 Å². The van der Waals surface area contributed by atoms with Crippen LogP contribution in [0, 0.1) is 5.92 Å². The highest BCUT2D eigenvalue weighted by molar-refractivity contribution is 5.80. The smallest absolute Gasteiger partial charge is 0.194 e. The number of hydrogen-bond acceptors (Lipinski definition) is 3. The first-order chi connectivity index (χ1) is 13.8. The van der Waals surface area contributed by atoms with Crippen LogP contribution in [0.3, 0.4) is 0 Å². The van der Waals surface area contributed by atoms with Gasteiger partial charge in [-0.1, -0.05) is 49.7 Å². The maximum absolute atomic E-state index is 4.53. The summed E-state index contributed by atoms with van der Waals surface area (Å²) in [6, 6.07) is 16.9. The number of piperidine rings is 1. The molecule has 1 saturated heterocycles. The third-order valence-electron chi connectivity index (χ3n) is 5.79. The summed E-state index contributed by atoms with van der Waals surface area (Å²) in [6.07, 6.45) is 4.31. The molecule has 0 amide bonds. The molecule has 2 atom stereocenters. The van der Waals surface area contributed by atoms with Gasteiger partial charge >= 0.3 is 0 Å². The lowest BCUT2D eigenvalue weighted by Gasteiger charge is -2.40. The highest BCUT2D eigenvalue weighted by Crippen LogP contribution is 2.34. The van der Waals surface area contributed by atoms with Gasteiger partial charge < -0.3 is 10.2 Å². The molecule has 6 heteroatoms. The largest absolute Gasteiger partial charge is 0.349 e. The van der Waals surface area contributed by atoms with Gasteiger partial charge in [-0.15, -0.1) is 10.2 Å². The van der Waals surface area contributed by atoms with Crippen LogP contribution in [-0.4, -0.2) is 45.6 Å². The van der Waals surface area contributed by atoms with Crippen LogP contribution in [0.5, 0.6) is 0 Å². The number of likely N-dealkylation sites (tertiary alicyclic amines) is 1. The Labute approximate surface area is 166 Å². The van der Waals surface area contributed by atoms with Gasteiger partial charge in [0.05, 0.1) is 6.54 Å². The first-order valence-electron chi connectivity index (χ1n) is 10.1. The molecule has 28 heavy (non-hydrogen) atoms. The number of benzene rings is 1. The van der Waals surface area contributed by atoms with Crippen LogP contribution in [0.4, 0.5) is 0 Å². The zero-order chi connectivity index (χ0) is 19.3. The predicted octanol–water partition coefficient (Wildman–Crippen LogP) is 3.32. The molecule has 146 valence electrons. The SMILES string of the molecule is CCC1CN(C(=NC)NCc2nnc3ccccn23)CCC1c1ccccc1. The molecule has 0 bridgehead atoms. The summed E-state index contributed by atoms with van der Waals surface area (Å²) in [7, 11) is 1.86. The zero-order valence-electron chi connectivity index (χ0n) is 16.6. The van der Waals surface area contributed by atoms with Gasteiger partial charge in [-0.05, 0) is 36.0 Å². The topological polar surface area (TPSA) is 57.8 Å². The molecule has 3 heterocycles. The number of guanidine groups is 1. The van der Waals surface area contributed by atoms with E-state index in [1.807, 2.05) is 35.8 Å². The number of fused-ring (bicyclic) bond motifs is 1. The van der Waals surface area contributed by atoms with Crippen LogP contribution < -0.4 is 5.32 Å². The molecule has 2 aromatic heterocycles. The van der Waals surface area contributed by atoms with Crippen LogP contribution in [-0.2, 0) is 6.54 Å². The fraction of sp³-hybridized carbons (Fsp3) is 0.409. The number of rotatable bonds is 4. The molecule has 1 aliphatic heterocycles. The van der Waals surface area contributed by atoms with Crippen molar-refractivity contribution in [3.8, 4) is 0 Å². The average Bonchev–Trinajstić information content (AvgIpc) is 3.18. The van der Waals surface area contributed by atoms with E-state index < -0.39 is 0 Å². The predicted molar refractivity (Wildman–Crippen MR) is 112 cm³/mol.